The van der Waals surface area contributed by atoms with Crippen LogP contribution in [0.1, 0.15) is 12.6 Å². The number of rotatable bonds is 1. The van der Waals surface area contributed by atoms with Crippen molar-refractivity contribution >= 4 is 16.9 Å². The number of anilines is 1. The van der Waals surface area contributed by atoms with E-state index in [1.807, 2.05) is 18.2 Å². The van der Waals surface area contributed by atoms with Gasteiger partial charge in [-0.15, -0.1) is 0 Å². The summed E-state index contributed by atoms with van der Waals surface area (Å²) in [5, 5.41) is 1.03. The number of hydrogen-bond acceptors (Lipinski definition) is 3. The van der Waals surface area contributed by atoms with Gasteiger partial charge < -0.3 is 5.73 Å². The maximum Gasteiger partial charge on any atom is 0.161 e. The molecule has 2 rings (SSSR count). The molecule has 0 spiro atoms. The van der Waals surface area contributed by atoms with Crippen molar-refractivity contribution in [2.45, 2.75) is 13.3 Å². The molecule has 0 aromatic carbocycles. The SMILES string of the molecule is CCc1ccc2ccc(N)nc2n1. The Morgan fingerprint density at radius 1 is 1.15 bits per heavy atom. The summed E-state index contributed by atoms with van der Waals surface area (Å²) in [6.07, 6.45) is 0.923. The van der Waals surface area contributed by atoms with Crippen LogP contribution in [0, 0.1) is 0 Å². The van der Waals surface area contributed by atoms with E-state index in [2.05, 4.69) is 16.9 Å². The molecule has 0 aliphatic carbocycles. The monoisotopic (exact) mass is 173 g/mol. The molecule has 0 unspecified atom stereocenters. The molecule has 0 aliphatic heterocycles. The van der Waals surface area contributed by atoms with Crippen molar-refractivity contribution in [1.82, 2.24) is 9.97 Å². The van der Waals surface area contributed by atoms with Crippen molar-refractivity contribution in [3.8, 4) is 0 Å². The zero-order valence-electron chi connectivity index (χ0n) is 7.49. The molecule has 3 nitrogen and oxygen atoms in total. The highest BCUT2D eigenvalue weighted by Crippen LogP contribution is 2.12. The van der Waals surface area contributed by atoms with E-state index in [4.69, 9.17) is 5.73 Å². The molecule has 0 radical (unpaired) electrons. The molecular weight excluding hydrogens is 162 g/mol. The average molecular weight is 173 g/mol. The Labute approximate surface area is 76.6 Å². The number of hydrogen-bond donors (Lipinski definition) is 1. The molecule has 2 aromatic rings. The highest BCUT2D eigenvalue weighted by atomic mass is 14.9. The van der Waals surface area contributed by atoms with Crippen LogP contribution in [0.25, 0.3) is 11.0 Å². The molecule has 0 amide bonds. The number of pyridine rings is 2. The lowest BCUT2D eigenvalue weighted by Crippen LogP contribution is -1.94. The molecule has 3 heteroatoms. The van der Waals surface area contributed by atoms with Crippen LogP contribution in [0.2, 0.25) is 0 Å². The van der Waals surface area contributed by atoms with Crippen LogP contribution in [-0.4, -0.2) is 9.97 Å². The first-order valence-electron chi connectivity index (χ1n) is 4.32. The number of nitrogen functional groups attached to an aromatic ring is 1. The molecule has 2 N–H and O–H groups in total. The Hall–Kier alpha value is -1.64. The molecule has 13 heavy (non-hydrogen) atoms. The second-order valence-corrected chi connectivity index (χ2v) is 2.94. The van der Waals surface area contributed by atoms with Crippen LogP contribution >= 0.6 is 0 Å². The van der Waals surface area contributed by atoms with Crippen molar-refractivity contribution in [3.05, 3.63) is 30.0 Å². The zero-order chi connectivity index (χ0) is 9.26. The fourth-order valence-electron chi connectivity index (χ4n) is 1.25. The van der Waals surface area contributed by atoms with Gasteiger partial charge in [-0.3, -0.25) is 0 Å². The molecule has 0 atom stereocenters. The Bertz CT molecular complexity index is 437. The minimum absolute atomic E-state index is 0.522. The molecule has 0 saturated carbocycles. The molecule has 0 bridgehead atoms. The number of nitrogens with zero attached hydrogens (tertiary/aromatic N) is 2. The van der Waals surface area contributed by atoms with E-state index in [-0.39, 0.29) is 0 Å². The molecule has 0 saturated heterocycles. The van der Waals surface area contributed by atoms with Crippen LogP contribution in [0.4, 0.5) is 5.82 Å². The smallest absolute Gasteiger partial charge is 0.161 e. The summed E-state index contributed by atoms with van der Waals surface area (Å²) in [7, 11) is 0. The average Bonchev–Trinajstić information content (AvgIpc) is 2.16. The summed E-state index contributed by atoms with van der Waals surface area (Å²) in [5.41, 5.74) is 7.35. The first-order valence-corrected chi connectivity index (χ1v) is 4.32. The maximum absolute atomic E-state index is 5.56. The second kappa shape index (κ2) is 3.01. The number of aryl methyl sites for hydroxylation is 1. The van der Waals surface area contributed by atoms with Gasteiger partial charge in [-0.05, 0) is 30.7 Å². The predicted molar refractivity (Wildman–Crippen MR) is 53.3 cm³/mol. The Morgan fingerprint density at radius 2 is 1.92 bits per heavy atom. The minimum atomic E-state index is 0.522. The fourth-order valence-corrected chi connectivity index (χ4v) is 1.25. The van der Waals surface area contributed by atoms with Crippen LogP contribution in [0.3, 0.4) is 0 Å². The van der Waals surface area contributed by atoms with Crippen molar-refractivity contribution in [2.24, 2.45) is 0 Å². The second-order valence-electron chi connectivity index (χ2n) is 2.94. The van der Waals surface area contributed by atoms with Crippen LogP contribution in [0.5, 0.6) is 0 Å². The third-order valence-electron chi connectivity index (χ3n) is 1.99. The highest BCUT2D eigenvalue weighted by Gasteiger charge is 1.97. The number of aromatic nitrogens is 2. The summed E-state index contributed by atoms with van der Waals surface area (Å²) in [4.78, 5) is 8.51. The van der Waals surface area contributed by atoms with Crippen molar-refractivity contribution in [3.63, 3.8) is 0 Å². The van der Waals surface area contributed by atoms with Crippen molar-refractivity contribution in [1.29, 1.82) is 0 Å². The van der Waals surface area contributed by atoms with E-state index in [0.29, 0.717) is 5.82 Å². The first-order chi connectivity index (χ1) is 6.29. The van der Waals surface area contributed by atoms with Gasteiger partial charge in [0, 0.05) is 11.1 Å². The van der Waals surface area contributed by atoms with E-state index in [0.717, 1.165) is 23.1 Å². The Kier molecular flexibility index (Phi) is 1.85. The van der Waals surface area contributed by atoms with Gasteiger partial charge in [0.2, 0.25) is 0 Å². The summed E-state index contributed by atoms with van der Waals surface area (Å²) in [6, 6.07) is 7.76. The molecule has 2 aromatic heterocycles. The quantitative estimate of drug-likeness (QED) is 0.715. The highest BCUT2D eigenvalue weighted by molar-refractivity contribution is 5.76. The lowest BCUT2D eigenvalue weighted by Gasteiger charge is -1.99. The lowest BCUT2D eigenvalue weighted by atomic mass is 10.2. The van der Waals surface area contributed by atoms with Gasteiger partial charge in [0.25, 0.3) is 0 Å². The summed E-state index contributed by atoms with van der Waals surface area (Å²) >= 11 is 0. The van der Waals surface area contributed by atoms with Crippen LogP contribution < -0.4 is 5.73 Å². The number of fused-ring (bicyclic) bond motifs is 1. The van der Waals surface area contributed by atoms with Gasteiger partial charge in [-0.1, -0.05) is 6.92 Å². The standard InChI is InChI=1S/C10H11N3/c1-2-8-5-3-7-4-6-9(11)13-10(7)12-8/h3-6H,2H2,1H3,(H2,11,12,13). The third kappa shape index (κ3) is 1.45. The molecule has 0 fully saturated rings. The largest absolute Gasteiger partial charge is 0.384 e. The van der Waals surface area contributed by atoms with Gasteiger partial charge in [-0.25, -0.2) is 9.97 Å². The lowest BCUT2D eigenvalue weighted by molar-refractivity contribution is 1.05. The number of nitrogens with two attached hydrogens (primary N) is 1. The third-order valence-corrected chi connectivity index (χ3v) is 1.99. The predicted octanol–water partition coefficient (Wildman–Crippen LogP) is 1.77. The van der Waals surface area contributed by atoms with Gasteiger partial charge >= 0.3 is 0 Å². The van der Waals surface area contributed by atoms with Gasteiger partial charge in [0.05, 0.1) is 0 Å². The van der Waals surface area contributed by atoms with E-state index < -0.39 is 0 Å². The van der Waals surface area contributed by atoms with E-state index in [1.54, 1.807) is 6.07 Å². The summed E-state index contributed by atoms with van der Waals surface area (Å²) < 4.78 is 0. The topological polar surface area (TPSA) is 51.8 Å². The van der Waals surface area contributed by atoms with Crippen molar-refractivity contribution < 1.29 is 0 Å². The Morgan fingerprint density at radius 3 is 2.69 bits per heavy atom. The minimum Gasteiger partial charge on any atom is -0.384 e. The molecular formula is C10H11N3. The van der Waals surface area contributed by atoms with E-state index in [1.165, 1.54) is 0 Å². The zero-order valence-corrected chi connectivity index (χ0v) is 7.49. The van der Waals surface area contributed by atoms with Gasteiger partial charge in [-0.2, -0.15) is 0 Å². The van der Waals surface area contributed by atoms with Crippen molar-refractivity contribution in [2.75, 3.05) is 5.73 Å². The molecule has 66 valence electrons. The van der Waals surface area contributed by atoms with E-state index >= 15 is 0 Å². The van der Waals surface area contributed by atoms with Crippen LogP contribution in [0.15, 0.2) is 24.3 Å². The summed E-state index contributed by atoms with van der Waals surface area (Å²) in [6.45, 7) is 2.07. The van der Waals surface area contributed by atoms with E-state index in [9.17, 15) is 0 Å². The molecule has 0 aliphatic rings. The maximum atomic E-state index is 5.56. The first kappa shape index (κ1) is 7.98. The fraction of sp³-hybridized carbons (Fsp3) is 0.200. The normalized spacial score (nSPS) is 10.5. The molecule has 2 heterocycles. The van der Waals surface area contributed by atoms with Gasteiger partial charge in [0.15, 0.2) is 5.65 Å². The van der Waals surface area contributed by atoms with Crippen LogP contribution in [-0.2, 0) is 6.42 Å². The Balaban J connectivity index is 2.68. The summed E-state index contributed by atoms with van der Waals surface area (Å²) in [5.74, 6) is 0.522. The van der Waals surface area contributed by atoms with Gasteiger partial charge in [0.1, 0.15) is 5.82 Å².